The highest BCUT2D eigenvalue weighted by Crippen LogP contribution is 2.38. The molecule has 1 aliphatic heterocycles. The van der Waals surface area contributed by atoms with E-state index in [9.17, 15) is 0 Å². The predicted molar refractivity (Wildman–Crippen MR) is 67.6 cm³/mol. The van der Waals surface area contributed by atoms with E-state index in [1.807, 2.05) is 12.4 Å². The zero-order chi connectivity index (χ0) is 11.2. The third kappa shape index (κ3) is 1.42. The van der Waals surface area contributed by atoms with Gasteiger partial charge in [-0.05, 0) is 48.1 Å². The molecular weight excluding hydrogens is 210 g/mol. The minimum atomic E-state index is 0.753. The lowest BCUT2D eigenvalue weighted by molar-refractivity contribution is 0.536. The van der Waals surface area contributed by atoms with Gasteiger partial charge in [0, 0.05) is 25.1 Å². The molecule has 0 radical (unpaired) electrons. The number of imidazole rings is 1. The summed E-state index contributed by atoms with van der Waals surface area (Å²) in [6.07, 6.45) is 9.74. The summed E-state index contributed by atoms with van der Waals surface area (Å²) in [5, 5.41) is 3.46. The number of nitrogens with one attached hydrogen (secondary N) is 1. The van der Waals surface area contributed by atoms with Crippen molar-refractivity contribution in [2.75, 3.05) is 13.1 Å². The van der Waals surface area contributed by atoms with Crippen LogP contribution in [0, 0.1) is 11.8 Å². The van der Waals surface area contributed by atoms with E-state index >= 15 is 0 Å². The molecule has 17 heavy (non-hydrogen) atoms. The summed E-state index contributed by atoms with van der Waals surface area (Å²) in [6.45, 7) is 2.33. The maximum atomic E-state index is 4.28. The lowest BCUT2D eigenvalue weighted by Crippen LogP contribution is -2.09. The van der Waals surface area contributed by atoms with Crippen molar-refractivity contribution in [1.82, 2.24) is 14.7 Å². The highest BCUT2D eigenvalue weighted by molar-refractivity contribution is 5.69. The zero-order valence-corrected chi connectivity index (χ0v) is 9.63. The average Bonchev–Trinajstić information content (AvgIpc) is 3.02. The number of nitrogens with zero attached hydrogens (tertiary/aromatic N) is 2. The molecule has 0 aromatic carbocycles. The second-order valence-corrected chi connectivity index (χ2v) is 5.09. The SMILES string of the molecule is C1=C(c2ccc3nccn3c2)C[C@H]2CNC[C@@H]12. The van der Waals surface area contributed by atoms with Crippen molar-refractivity contribution in [2.45, 2.75) is 6.42 Å². The molecule has 3 heterocycles. The van der Waals surface area contributed by atoms with Crippen LogP contribution in [0.4, 0.5) is 0 Å². The molecule has 3 nitrogen and oxygen atoms in total. The van der Waals surface area contributed by atoms with Crippen molar-refractivity contribution < 1.29 is 0 Å². The molecule has 0 amide bonds. The monoisotopic (exact) mass is 225 g/mol. The first kappa shape index (κ1) is 9.42. The van der Waals surface area contributed by atoms with Crippen LogP contribution in [0.1, 0.15) is 12.0 Å². The quantitative estimate of drug-likeness (QED) is 0.804. The normalized spacial score (nSPS) is 27.4. The van der Waals surface area contributed by atoms with Crippen molar-refractivity contribution >= 4 is 11.2 Å². The van der Waals surface area contributed by atoms with E-state index in [4.69, 9.17) is 0 Å². The Morgan fingerprint density at radius 1 is 1.29 bits per heavy atom. The van der Waals surface area contributed by atoms with Gasteiger partial charge in [0.15, 0.2) is 0 Å². The van der Waals surface area contributed by atoms with Gasteiger partial charge in [-0.2, -0.15) is 0 Å². The predicted octanol–water partition coefficient (Wildman–Crippen LogP) is 1.96. The molecule has 1 N–H and O–H groups in total. The first-order valence-electron chi connectivity index (χ1n) is 6.25. The van der Waals surface area contributed by atoms with E-state index in [0.717, 1.165) is 24.0 Å². The van der Waals surface area contributed by atoms with Crippen LogP contribution in [0.15, 0.2) is 36.8 Å². The Bertz CT molecular complexity index is 596. The number of allylic oxidation sites excluding steroid dienone is 1. The van der Waals surface area contributed by atoms with Crippen molar-refractivity contribution in [1.29, 1.82) is 0 Å². The molecule has 1 fully saturated rings. The summed E-state index contributed by atoms with van der Waals surface area (Å²) >= 11 is 0. The van der Waals surface area contributed by atoms with Gasteiger partial charge in [0.2, 0.25) is 0 Å². The summed E-state index contributed by atoms with van der Waals surface area (Å²) < 4.78 is 2.10. The van der Waals surface area contributed by atoms with Crippen LogP contribution >= 0.6 is 0 Å². The van der Waals surface area contributed by atoms with Crippen molar-refractivity contribution in [3.8, 4) is 0 Å². The fourth-order valence-electron chi connectivity index (χ4n) is 3.10. The van der Waals surface area contributed by atoms with Crippen molar-refractivity contribution in [3.05, 3.63) is 42.4 Å². The maximum absolute atomic E-state index is 4.28. The largest absolute Gasteiger partial charge is 0.316 e. The Balaban J connectivity index is 1.74. The number of rotatable bonds is 1. The minimum absolute atomic E-state index is 0.753. The third-order valence-corrected chi connectivity index (χ3v) is 4.05. The molecule has 1 saturated heterocycles. The van der Waals surface area contributed by atoms with Crippen LogP contribution in [-0.4, -0.2) is 22.5 Å². The molecular formula is C14H15N3. The molecule has 0 bridgehead atoms. The van der Waals surface area contributed by atoms with Crippen LogP contribution in [0.5, 0.6) is 0 Å². The molecule has 0 unspecified atom stereocenters. The minimum Gasteiger partial charge on any atom is -0.316 e. The molecule has 4 rings (SSSR count). The maximum Gasteiger partial charge on any atom is 0.136 e. The summed E-state index contributed by atoms with van der Waals surface area (Å²) in [6, 6.07) is 4.30. The summed E-state index contributed by atoms with van der Waals surface area (Å²) in [7, 11) is 0. The Hall–Kier alpha value is -1.61. The average molecular weight is 225 g/mol. The first-order valence-corrected chi connectivity index (χ1v) is 6.25. The number of fused-ring (bicyclic) bond motifs is 2. The van der Waals surface area contributed by atoms with E-state index < -0.39 is 0 Å². The van der Waals surface area contributed by atoms with E-state index in [1.54, 1.807) is 0 Å². The number of hydrogen-bond acceptors (Lipinski definition) is 2. The number of pyridine rings is 1. The number of hydrogen-bond donors (Lipinski definition) is 1. The molecule has 2 aliphatic rings. The molecule has 3 heteroatoms. The van der Waals surface area contributed by atoms with E-state index in [-0.39, 0.29) is 0 Å². The van der Waals surface area contributed by atoms with Crippen LogP contribution in [0.25, 0.3) is 11.2 Å². The summed E-state index contributed by atoms with van der Waals surface area (Å²) in [4.78, 5) is 4.28. The fraction of sp³-hybridized carbons (Fsp3) is 0.357. The second-order valence-electron chi connectivity index (χ2n) is 5.09. The van der Waals surface area contributed by atoms with Gasteiger partial charge in [-0.25, -0.2) is 4.98 Å². The van der Waals surface area contributed by atoms with E-state index in [0.29, 0.717) is 0 Å². The standard InChI is InChI=1S/C14H15N3/c1-2-14-16-3-4-17(14)9-10(1)11-5-12-7-15-8-13(12)6-11/h1-5,9,12-13,15H,6-8H2/t12-,13+/m1/s1. The second kappa shape index (κ2) is 3.44. The Morgan fingerprint density at radius 2 is 2.29 bits per heavy atom. The highest BCUT2D eigenvalue weighted by atomic mass is 15.0. The Kier molecular flexibility index (Phi) is 1.91. The van der Waals surface area contributed by atoms with Gasteiger partial charge in [-0.15, -0.1) is 0 Å². The summed E-state index contributed by atoms with van der Waals surface area (Å²) in [5.74, 6) is 1.58. The topological polar surface area (TPSA) is 29.3 Å². The number of aromatic nitrogens is 2. The van der Waals surface area contributed by atoms with Crippen LogP contribution in [0.2, 0.25) is 0 Å². The molecule has 0 spiro atoms. The Morgan fingerprint density at radius 3 is 3.24 bits per heavy atom. The van der Waals surface area contributed by atoms with Gasteiger partial charge < -0.3 is 9.72 Å². The molecule has 86 valence electrons. The van der Waals surface area contributed by atoms with E-state index in [1.165, 1.54) is 24.1 Å². The highest BCUT2D eigenvalue weighted by Gasteiger charge is 2.31. The molecule has 0 saturated carbocycles. The van der Waals surface area contributed by atoms with Crippen LogP contribution < -0.4 is 5.32 Å². The van der Waals surface area contributed by atoms with Gasteiger partial charge in [-0.3, -0.25) is 0 Å². The van der Waals surface area contributed by atoms with Gasteiger partial charge in [0.05, 0.1) is 0 Å². The van der Waals surface area contributed by atoms with Crippen LogP contribution in [0.3, 0.4) is 0 Å². The van der Waals surface area contributed by atoms with E-state index in [2.05, 4.69) is 39.1 Å². The van der Waals surface area contributed by atoms with Crippen molar-refractivity contribution in [2.24, 2.45) is 11.8 Å². The Labute approximate surface area is 100 Å². The lowest BCUT2D eigenvalue weighted by Gasteiger charge is -2.07. The van der Waals surface area contributed by atoms with Gasteiger partial charge in [-0.1, -0.05) is 6.08 Å². The molecule has 2 atom stereocenters. The fourth-order valence-corrected chi connectivity index (χ4v) is 3.10. The molecule has 1 aliphatic carbocycles. The first-order chi connectivity index (χ1) is 8.40. The third-order valence-electron chi connectivity index (χ3n) is 4.05. The van der Waals surface area contributed by atoms with Gasteiger partial charge >= 0.3 is 0 Å². The van der Waals surface area contributed by atoms with Crippen molar-refractivity contribution in [3.63, 3.8) is 0 Å². The van der Waals surface area contributed by atoms with Gasteiger partial charge in [0.1, 0.15) is 5.65 Å². The lowest BCUT2D eigenvalue weighted by atomic mass is 9.99. The molecule has 2 aromatic rings. The zero-order valence-electron chi connectivity index (χ0n) is 9.63. The van der Waals surface area contributed by atoms with Crippen LogP contribution in [-0.2, 0) is 0 Å². The summed E-state index contributed by atoms with van der Waals surface area (Å²) in [5.41, 5.74) is 3.89. The smallest absolute Gasteiger partial charge is 0.136 e. The molecule has 2 aromatic heterocycles. The van der Waals surface area contributed by atoms with Gasteiger partial charge in [0.25, 0.3) is 0 Å².